The van der Waals surface area contributed by atoms with E-state index in [1.165, 1.54) is 12.5 Å². The quantitative estimate of drug-likeness (QED) is 0.722. The van der Waals surface area contributed by atoms with Gasteiger partial charge in [0.15, 0.2) is 0 Å². The zero-order chi connectivity index (χ0) is 19.3. The molecule has 2 saturated carbocycles. The van der Waals surface area contributed by atoms with Gasteiger partial charge >= 0.3 is 6.18 Å². The molecule has 2 aromatic heterocycles. The minimum absolute atomic E-state index is 0. The van der Waals surface area contributed by atoms with E-state index in [9.17, 15) is 18.0 Å². The summed E-state index contributed by atoms with van der Waals surface area (Å²) in [7, 11) is 0. The highest BCUT2D eigenvalue weighted by molar-refractivity contribution is 7.20. The number of fused-ring (bicyclic) bond motifs is 3. The van der Waals surface area contributed by atoms with Crippen molar-refractivity contribution in [3.05, 3.63) is 28.3 Å². The number of pyridine rings is 1. The number of aromatic nitrogens is 1. The first-order valence-corrected chi connectivity index (χ1v) is 10.1. The van der Waals surface area contributed by atoms with Crippen molar-refractivity contribution < 1.29 is 18.0 Å². The third-order valence-electron chi connectivity index (χ3n) is 5.97. The van der Waals surface area contributed by atoms with E-state index >= 15 is 0 Å². The van der Waals surface area contributed by atoms with Gasteiger partial charge in [0.05, 0.1) is 4.88 Å². The molecule has 0 spiro atoms. The van der Waals surface area contributed by atoms with Crippen LogP contribution in [0.3, 0.4) is 0 Å². The van der Waals surface area contributed by atoms with Crippen LogP contribution in [0.1, 0.15) is 53.0 Å². The van der Waals surface area contributed by atoms with E-state index in [0.717, 1.165) is 43.1 Å². The number of hydrogen-bond acceptors (Lipinski definition) is 4. The van der Waals surface area contributed by atoms with E-state index in [0.29, 0.717) is 27.7 Å². The Morgan fingerprint density at radius 3 is 2.50 bits per heavy atom. The summed E-state index contributed by atoms with van der Waals surface area (Å²) in [5.41, 5.74) is 5.90. The first-order chi connectivity index (χ1) is 12.7. The zero-order valence-corrected chi connectivity index (χ0v) is 17.0. The molecule has 1 amide bonds. The van der Waals surface area contributed by atoms with Crippen molar-refractivity contribution >= 4 is 39.9 Å². The average molecular weight is 434 g/mol. The number of halogens is 4. The first-order valence-electron chi connectivity index (χ1n) is 9.28. The lowest BCUT2D eigenvalue weighted by Gasteiger charge is -2.45. The largest absolute Gasteiger partial charge is 0.433 e. The second-order valence-electron chi connectivity index (χ2n) is 7.78. The maximum atomic E-state index is 12.9. The Morgan fingerprint density at radius 1 is 1.25 bits per heavy atom. The Morgan fingerprint density at radius 2 is 1.89 bits per heavy atom. The number of nitrogens with one attached hydrogen (secondary N) is 1. The monoisotopic (exact) mass is 433 g/mol. The van der Waals surface area contributed by atoms with E-state index in [1.54, 1.807) is 6.92 Å². The molecule has 2 aliphatic rings. The Labute approximate surface area is 171 Å². The molecule has 2 bridgehead atoms. The summed E-state index contributed by atoms with van der Waals surface area (Å²) in [6, 6.07) is 2.68. The summed E-state index contributed by atoms with van der Waals surface area (Å²) in [6.07, 6.45) is 0.647. The van der Waals surface area contributed by atoms with Crippen LogP contribution in [0.4, 0.5) is 13.2 Å². The second-order valence-corrected chi connectivity index (χ2v) is 8.78. The van der Waals surface area contributed by atoms with Gasteiger partial charge in [-0.3, -0.25) is 4.79 Å². The van der Waals surface area contributed by atoms with Crippen molar-refractivity contribution in [2.75, 3.05) is 0 Å². The van der Waals surface area contributed by atoms with Crippen molar-refractivity contribution in [1.29, 1.82) is 0 Å². The number of rotatable bonds is 2. The molecule has 2 unspecified atom stereocenters. The van der Waals surface area contributed by atoms with Crippen LogP contribution in [-0.4, -0.2) is 23.0 Å². The van der Waals surface area contributed by atoms with Crippen LogP contribution in [0.5, 0.6) is 0 Å². The van der Waals surface area contributed by atoms with Crippen LogP contribution < -0.4 is 11.1 Å². The van der Waals surface area contributed by atoms with Crippen molar-refractivity contribution in [3.8, 4) is 0 Å². The number of nitrogens with two attached hydrogens (primary N) is 1. The summed E-state index contributed by atoms with van der Waals surface area (Å²) in [4.78, 5) is 17.3. The molecule has 0 aromatic carbocycles. The molecule has 154 valence electrons. The van der Waals surface area contributed by atoms with Gasteiger partial charge < -0.3 is 11.1 Å². The van der Waals surface area contributed by atoms with Gasteiger partial charge in [-0.15, -0.1) is 23.7 Å². The lowest BCUT2D eigenvalue weighted by Crippen LogP contribution is -2.53. The smallest absolute Gasteiger partial charge is 0.348 e. The number of carbonyl (C=O) groups excluding carboxylic acids is 1. The number of amides is 1. The number of carbonyl (C=O) groups is 1. The molecule has 0 aliphatic heterocycles. The van der Waals surface area contributed by atoms with E-state index in [1.807, 2.05) is 0 Å². The molecule has 2 aliphatic carbocycles. The molecule has 2 fully saturated rings. The van der Waals surface area contributed by atoms with Crippen molar-refractivity contribution in [3.63, 3.8) is 0 Å². The van der Waals surface area contributed by atoms with Gasteiger partial charge in [-0.2, -0.15) is 13.2 Å². The maximum Gasteiger partial charge on any atom is 0.433 e. The van der Waals surface area contributed by atoms with Crippen molar-refractivity contribution in [2.45, 2.75) is 57.3 Å². The Hall–Kier alpha value is -1.38. The van der Waals surface area contributed by atoms with E-state index in [4.69, 9.17) is 5.73 Å². The van der Waals surface area contributed by atoms with Gasteiger partial charge in [-0.05, 0) is 62.1 Å². The molecule has 9 heteroatoms. The molecular weight excluding hydrogens is 411 g/mol. The van der Waals surface area contributed by atoms with E-state index in [2.05, 4.69) is 10.3 Å². The van der Waals surface area contributed by atoms with Crippen LogP contribution in [-0.2, 0) is 6.18 Å². The van der Waals surface area contributed by atoms with Crippen LogP contribution in [0.15, 0.2) is 12.1 Å². The fourth-order valence-corrected chi connectivity index (χ4v) is 5.80. The molecule has 2 aromatic rings. The molecule has 2 heterocycles. The highest BCUT2D eigenvalue weighted by Gasteiger charge is 2.40. The maximum absolute atomic E-state index is 12.9. The summed E-state index contributed by atoms with van der Waals surface area (Å²) < 4.78 is 38.7. The van der Waals surface area contributed by atoms with Crippen LogP contribution >= 0.6 is 23.7 Å². The van der Waals surface area contributed by atoms with Crippen LogP contribution in [0.2, 0.25) is 0 Å². The van der Waals surface area contributed by atoms with Gasteiger partial charge in [0.1, 0.15) is 10.5 Å². The van der Waals surface area contributed by atoms with E-state index < -0.39 is 11.9 Å². The summed E-state index contributed by atoms with van der Waals surface area (Å²) in [5, 5.41) is 3.77. The van der Waals surface area contributed by atoms with Gasteiger partial charge in [0, 0.05) is 17.5 Å². The number of aryl methyl sites for hydroxylation is 1. The first kappa shape index (κ1) is 21.3. The lowest BCUT2D eigenvalue weighted by atomic mass is 9.67. The molecule has 3 N–H and O–H groups in total. The summed E-state index contributed by atoms with van der Waals surface area (Å²) in [6.45, 7) is 1.76. The summed E-state index contributed by atoms with van der Waals surface area (Å²) >= 11 is 1.03. The van der Waals surface area contributed by atoms with Gasteiger partial charge in [-0.1, -0.05) is 6.42 Å². The Balaban J connectivity index is 0.00000225. The highest BCUT2D eigenvalue weighted by atomic mass is 35.5. The number of thiophene rings is 1. The van der Waals surface area contributed by atoms with Crippen molar-refractivity contribution in [1.82, 2.24) is 10.3 Å². The van der Waals surface area contributed by atoms with Crippen molar-refractivity contribution in [2.24, 2.45) is 17.6 Å². The summed E-state index contributed by atoms with van der Waals surface area (Å²) in [5.74, 6) is 0.573. The molecule has 4 nitrogen and oxygen atoms in total. The lowest BCUT2D eigenvalue weighted by molar-refractivity contribution is -0.140. The molecule has 28 heavy (non-hydrogen) atoms. The molecule has 4 rings (SSSR count). The van der Waals surface area contributed by atoms with E-state index in [-0.39, 0.29) is 35.2 Å². The average Bonchev–Trinajstić information content (AvgIpc) is 2.91. The predicted octanol–water partition coefficient (Wildman–Crippen LogP) is 4.68. The third kappa shape index (κ3) is 3.86. The molecule has 0 radical (unpaired) electrons. The number of alkyl halides is 3. The minimum Gasteiger partial charge on any atom is -0.348 e. The fraction of sp³-hybridized carbons (Fsp3) is 0.579. The fourth-order valence-electron chi connectivity index (χ4n) is 4.72. The van der Waals surface area contributed by atoms with Gasteiger partial charge in [-0.25, -0.2) is 4.98 Å². The van der Waals surface area contributed by atoms with Crippen LogP contribution in [0.25, 0.3) is 10.2 Å². The van der Waals surface area contributed by atoms with Gasteiger partial charge in [0.25, 0.3) is 5.91 Å². The number of nitrogens with zero attached hydrogens (tertiary/aromatic N) is 1. The molecule has 0 saturated heterocycles. The van der Waals surface area contributed by atoms with Gasteiger partial charge in [0.2, 0.25) is 0 Å². The standard InChI is InChI=1S/C19H22F3N3OS.ClH/c1-9-13-5-6-14(19(20,21)22)24-18(13)27-16(9)17(26)25-15-10-3-2-4-11(15)8-12(23)7-10;/h5-6,10-12,15H,2-4,7-8,23H2,1H3,(H,25,26);1H. The topological polar surface area (TPSA) is 68.0 Å². The minimum atomic E-state index is -4.49. The molecule has 2 atom stereocenters. The predicted molar refractivity (Wildman–Crippen MR) is 106 cm³/mol. The Kier molecular flexibility index (Phi) is 5.94. The normalized spacial score (nSPS) is 27.3. The number of hydrogen-bond donors (Lipinski definition) is 2. The third-order valence-corrected chi connectivity index (χ3v) is 7.17. The molecular formula is C19H23ClF3N3OS. The highest BCUT2D eigenvalue weighted by Crippen LogP contribution is 2.40. The zero-order valence-electron chi connectivity index (χ0n) is 15.4. The SMILES string of the molecule is Cc1c(C(=O)NC2C3CCCC2CC(N)C3)sc2nc(C(F)(F)F)ccc12.Cl. The van der Waals surface area contributed by atoms with Crippen LogP contribution in [0, 0.1) is 18.8 Å². The second kappa shape index (κ2) is 7.80. The Bertz CT molecular complexity index is 871.